The van der Waals surface area contributed by atoms with Gasteiger partial charge in [-0.05, 0) is 72.4 Å². The van der Waals surface area contributed by atoms with Gasteiger partial charge in [-0.1, -0.05) is 17.7 Å². The van der Waals surface area contributed by atoms with Gasteiger partial charge in [0.2, 0.25) is 0 Å². The van der Waals surface area contributed by atoms with Crippen molar-refractivity contribution in [2.75, 3.05) is 6.61 Å². The Hall–Kier alpha value is -0.340. The van der Waals surface area contributed by atoms with Crippen molar-refractivity contribution in [1.82, 2.24) is 0 Å². The molecule has 6 heteroatoms. The maximum absolute atomic E-state index is 14.0. The van der Waals surface area contributed by atoms with Gasteiger partial charge in [0, 0.05) is 17.9 Å². The molecule has 3 nitrogen and oxygen atoms in total. The molecule has 3 rings (SSSR count). The summed E-state index contributed by atoms with van der Waals surface area (Å²) in [5.41, 5.74) is 1.69. The lowest BCUT2D eigenvalue weighted by atomic mass is 10.1. The molecule has 0 aromatic heterocycles. The van der Waals surface area contributed by atoms with Crippen molar-refractivity contribution in [3.8, 4) is 5.75 Å². The Kier molecular flexibility index (Phi) is 6.43. The SMILES string of the molecule is CCCC(I)[S@+]([O-])/N=C(\c1ccc(F)c(OCC2CC2)c1)C1CC1. The van der Waals surface area contributed by atoms with Crippen LogP contribution in [0.5, 0.6) is 5.75 Å². The van der Waals surface area contributed by atoms with Crippen LogP contribution in [0.1, 0.15) is 51.0 Å². The Bertz CT molecular complexity index is 605. The van der Waals surface area contributed by atoms with E-state index < -0.39 is 11.4 Å². The van der Waals surface area contributed by atoms with Crippen LogP contribution in [-0.2, 0) is 11.4 Å². The number of nitrogens with zero attached hydrogens (tertiary/aromatic N) is 1. The zero-order valence-electron chi connectivity index (χ0n) is 13.8. The van der Waals surface area contributed by atoms with Crippen molar-refractivity contribution in [2.24, 2.45) is 16.2 Å². The first-order valence-corrected chi connectivity index (χ1v) is 11.1. The Labute approximate surface area is 159 Å². The number of benzene rings is 1. The molecular weight excluding hydrogens is 440 g/mol. The first-order chi connectivity index (χ1) is 11.6. The van der Waals surface area contributed by atoms with E-state index in [1.165, 1.54) is 18.9 Å². The van der Waals surface area contributed by atoms with E-state index in [0.29, 0.717) is 18.4 Å². The van der Waals surface area contributed by atoms with E-state index in [0.717, 1.165) is 37.0 Å². The van der Waals surface area contributed by atoms with Gasteiger partial charge >= 0.3 is 0 Å². The molecule has 2 atom stereocenters. The van der Waals surface area contributed by atoms with Crippen LogP contribution in [0.2, 0.25) is 0 Å². The lowest BCUT2D eigenvalue weighted by molar-refractivity contribution is 0.285. The predicted octanol–water partition coefficient (Wildman–Crippen LogP) is 5.04. The summed E-state index contributed by atoms with van der Waals surface area (Å²) in [6.45, 7) is 2.66. The van der Waals surface area contributed by atoms with E-state index in [9.17, 15) is 8.94 Å². The summed E-state index contributed by atoms with van der Waals surface area (Å²) in [6.07, 6.45) is 6.33. The van der Waals surface area contributed by atoms with Crippen LogP contribution in [0, 0.1) is 17.7 Å². The minimum absolute atomic E-state index is 0.0207. The fourth-order valence-electron chi connectivity index (χ4n) is 2.47. The molecule has 0 N–H and O–H groups in total. The smallest absolute Gasteiger partial charge is 0.192 e. The molecule has 132 valence electrons. The van der Waals surface area contributed by atoms with Crippen molar-refractivity contribution in [2.45, 2.75) is 48.7 Å². The normalized spacial score (nSPS) is 20.8. The van der Waals surface area contributed by atoms with Gasteiger partial charge in [0.15, 0.2) is 14.8 Å². The quantitative estimate of drug-likeness (QED) is 0.223. The van der Waals surface area contributed by atoms with Crippen LogP contribution < -0.4 is 4.74 Å². The fraction of sp³-hybridized carbons (Fsp3) is 0.611. The summed E-state index contributed by atoms with van der Waals surface area (Å²) in [7, 11) is 0. The van der Waals surface area contributed by atoms with E-state index in [-0.39, 0.29) is 14.8 Å². The van der Waals surface area contributed by atoms with Crippen molar-refractivity contribution < 1.29 is 13.7 Å². The topological polar surface area (TPSA) is 44.7 Å². The average molecular weight is 463 g/mol. The molecule has 1 unspecified atom stereocenters. The van der Waals surface area contributed by atoms with Crippen LogP contribution in [0.25, 0.3) is 0 Å². The molecule has 0 amide bonds. The Morgan fingerprint density at radius 1 is 1.42 bits per heavy atom. The molecule has 1 aromatic carbocycles. The number of hydrogen-bond donors (Lipinski definition) is 0. The summed E-state index contributed by atoms with van der Waals surface area (Å²) in [5.74, 6) is 0.874. The highest BCUT2D eigenvalue weighted by atomic mass is 127. The van der Waals surface area contributed by atoms with Crippen LogP contribution >= 0.6 is 22.6 Å². The lowest BCUT2D eigenvalue weighted by Gasteiger charge is -2.13. The van der Waals surface area contributed by atoms with Gasteiger partial charge in [0.25, 0.3) is 0 Å². The number of ether oxygens (including phenoxy) is 1. The third-order valence-electron chi connectivity index (χ3n) is 4.29. The Balaban J connectivity index is 1.78. The molecule has 2 aliphatic rings. The molecule has 2 saturated carbocycles. The molecule has 0 spiro atoms. The lowest BCUT2D eigenvalue weighted by Crippen LogP contribution is -2.16. The van der Waals surface area contributed by atoms with Crippen LogP contribution in [0.3, 0.4) is 0 Å². The largest absolute Gasteiger partial charge is 0.590 e. The van der Waals surface area contributed by atoms with E-state index in [1.54, 1.807) is 12.1 Å². The van der Waals surface area contributed by atoms with E-state index >= 15 is 0 Å². The number of rotatable bonds is 9. The standard InChI is InChI=1S/C18H23FINO2S/c1-2-3-17(20)24(22)21-18(13-6-7-13)14-8-9-15(19)16(10-14)23-11-12-4-5-12/h8-10,12-13,17H,2-7,11H2,1H3/b21-18-/t17?,24-/m0/s1. The van der Waals surface area contributed by atoms with E-state index in [1.807, 2.05) is 0 Å². The zero-order valence-corrected chi connectivity index (χ0v) is 16.8. The maximum Gasteiger partial charge on any atom is 0.192 e. The van der Waals surface area contributed by atoms with Gasteiger partial charge < -0.3 is 9.29 Å². The Morgan fingerprint density at radius 2 is 2.17 bits per heavy atom. The highest BCUT2D eigenvalue weighted by molar-refractivity contribution is 14.1. The summed E-state index contributed by atoms with van der Waals surface area (Å²) < 4.78 is 36.6. The second-order valence-electron chi connectivity index (χ2n) is 6.63. The highest BCUT2D eigenvalue weighted by Crippen LogP contribution is 2.36. The molecule has 24 heavy (non-hydrogen) atoms. The van der Waals surface area contributed by atoms with E-state index in [2.05, 4.69) is 33.9 Å². The third-order valence-corrected chi connectivity index (χ3v) is 7.26. The summed E-state index contributed by atoms with van der Waals surface area (Å²) in [6, 6.07) is 4.90. The van der Waals surface area contributed by atoms with Gasteiger partial charge in [-0.3, -0.25) is 0 Å². The number of halogens is 2. The molecular formula is C18H23FINO2S. The van der Waals surface area contributed by atoms with Crippen molar-refractivity contribution in [3.05, 3.63) is 29.6 Å². The molecule has 0 bridgehead atoms. The summed E-state index contributed by atoms with van der Waals surface area (Å²) in [4.78, 5) is 0. The average Bonchev–Trinajstić information content (AvgIpc) is 3.46. The monoisotopic (exact) mass is 463 g/mol. The first kappa shape index (κ1) is 18.5. The molecule has 0 heterocycles. The van der Waals surface area contributed by atoms with Crippen LogP contribution in [0.4, 0.5) is 4.39 Å². The van der Waals surface area contributed by atoms with E-state index in [4.69, 9.17) is 4.74 Å². The second kappa shape index (κ2) is 8.36. The minimum Gasteiger partial charge on any atom is -0.590 e. The molecule has 0 saturated heterocycles. The minimum atomic E-state index is -1.25. The summed E-state index contributed by atoms with van der Waals surface area (Å²) >= 11 is 0.963. The van der Waals surface area contributed by atoms with Gasteiger partial charge in [0.05, 0.1) is 6.61 Å². The van der Waals surface area contributed by atoms with Gasteiger partial charge in [-0.25, -0.2) is 4.39 Å². The molecule has 2 fully saturated rings. The molecule has 0 aliphatic heterocycles. The maximum atomic E-state index is 14.0. The van der Waals surface area contributed by atoms with Crippen molar-refractivity contribution in [1.29, 1.82) is 0 Å². The van der Waals surface area contributed by atoms with Crippen molar-refractivity contribution >= 4 is 39.7 Å². The van der Waals surface area contributed by atoms with Gasteiger partial charge in [-0.2, -0.15) is 0 Å². The van der Waals surface area contributed by atoms with Gasteiger partial charge in [-0.15, -0.1) is 0 Å². The zero-order chi connectivity index (χ0) is 17.1. The van der Waals surface area contributed by atoms with Crippen molar-refractivity contribution in [3.63, 3.8) is 0 Å². The third kappa shape index (κ3) is 5.08. The number of hydrogen-bond acceptors (Lipinski definition) is 3. The molecule has 1 aromatic rings. The summed E-state index contributed by atoms with van der Waals surface area (Å²) in [5, 5.41) is 0. The second-order valence-corrected chi connectivity index (χ2v) is 10.3. The fourth-order valence-corrected chi connectivity index (χ4v) is 4.43. The van der Waals surface area contributed by atoms with Gasteiger partial charge in [0.1, 0.15) is 17.1 Å². The Morgan fingerprint density at radius 3 is 2.79 bits per heavy atom. The van der Waals surface area contributed by atoms with Crippen LogP contribution in [-0.4, -0.2) is 20.1 Å². The molecule has 0 radical (unpaired) electrons. The molecule has 2 aliphatic carbocycles. The first-order valence-electron chi connectivity index (χ1n) is 8.64. The van der Waals surface area contributed by atoms with Crippen LogP contribution in [0.15, 0.2) is 22.6 Å². The predicted molar refractivity (Wildman–Crippen MR) is 105 cm³/mol. The number of alkyl halides is 1. The highest BCUT2D eigenvalue weighted by Gasteiger charge is 2.33.